The van der Waals surface area contributed by atoms with E-state index in [2.05, 4.69) is 15.4 Å². The number of nitrogens with one attached hydrogen (secondary N) is 2. The van der Waals surface area contributed by atoms with Crippen molar-refractivity contribution >= 4 is 29.2 Å². The quantitative estimate of drug-likeness (QED) is 0.588. The van der Waals surface area contributed by atoms with Crippen LogP contribution in [0.2, 0.25) is 0 Å². The van der Waals surface area contributed by atoms with E-state index in [0.29, 0.717) is 11.6 Å². The van der Waals surface area contributed by atoms with Crippen molar-refractivity contribution in [2.45, 2.75) is 6.92 Å². The van der Waals surface area contributed by atoms with Crippen LogP contribution in [0.1, 0.15) is 36.6 Å². The molecule has 0 saturated heterocycles. The van der Waals surface area contributed by atoms with Crippen molar-refractivity contribution in [2.24, 2.45) is 0 Å². The smallest absolute Gasteiger partial charge is 0.340 e. The molecule has 31 heavy (non-hydrogen) atoms. The van der Waals surface area contributed by atoms with E-state index in [1.54, 1.807) is 30.3 Å². The molecule has 0 atom stereocenters. The maximum absolute atomic E-state index is 14.2. The summed E-state index contributed by atoms with van der Waals surface area (Å²) in [7, 11) is 1.05. The third-order valence-corrected chi connectivity index (χ3v) is 4.41. The summed E-state index contributed by atoms with van der Waals surface area (Å²) < 4.78 is 32.4. The molecule has 0 saturated carbocycles. The van der Waals surface area contributed by atoms with Crippen molar-refractivity contribution in [3.05, 3.63) is 94.6 Å². The lowest BCUT2D eigenvalue weighted by atomic mass is 10.1. The molecule has 0 aliphatic rings. The van der Waals surface area contributed by atoms with Gasteiger partial charge in [-0.2, -0.15) is 0 Å². The third kappa shape index (κ3) is 4.92. The number of carbonyl (C=O) groups excluding carboxylic acids is 3. The molecule has 0 fully saturated rings. The van der Waals surface area contributed by atoms with Gasteiger partial charge in [0.15, 0.2) is 0 Å². The number of rotatable bonds is 5. The predicted molar refractivity (Wildman–Crippen MR) is 111 cm³/mol. The van der Waals surface area contributed by atoms with Crippen LogP contribution in [0.3, 0.4) is 0 Å². The molecule has 0 aliphatic heterocycles. The first kappa shape index (κ1) is 21.6. The van der Waals surface area contributed by atoms with Gasteiger partial charge >= 0.3 is 5.97 Å². The van der Waals surface area contributed by atoms with E-state index in [0.717, 1.165) is 18.7 Å². The number of benzene rings is 3. The Kier molecular flexibility index (Phi) is 6.40. The second kappa shape index (κ2) is 9.17. The zero-order chi connectivity index (χ0) is 22.5. The van der Waals surface area contributed by atoms with Crippen LogP contribution in [0, 0.1) is 18.6 Å². The number of aryl methyl sites for hydroxylation is 1. The van der Waals surface area contributed by atoms with Gasteiger partial charge in [0.1, 0.15) is 11.6 Å². The monoisotopic (exact) mass is 424 g/mol. The Morgan fingerprint density at radius 2 is 1.48 bits per heavy atom. The van der Waals surface area contributed by atoms with E-state index in [1.165, 1.54) is 12.1 Å². The number of para-hydroxylation sites is 1. The highest BCUT2D eigenvalue weighted by molar-refractivity contribution is 6.12. The minimum Gasteiger partial charge on any atom is -0.465 e. The van der Waals surface area contributed by atoms with Gasteiger partial charge in [0.25, 0.3) is 11.8 Å². The van der Waals surface area contributed by atoms with Crippen molar-refractivity contribution in [1.29, 1.82) is 0 Å². The summed E-state index contributed by atoms with van der Waals surface area (Å²) in [6, 6.07) is 14.4. The highest BCUT2D eigenvalue weighted by Gasteiger charge is 2.20. The Balaban J connectivity index is 1.87. The Morgan fingerprint density at radius 3 is 2.19 bits per heavy atom. The van der Waals surface area contributed by atoms with Gasteiger partial charge in [-0.25, -0.2) is 13.6 Å². The van der Waals surface area contributed by atoms with Gasteiger partial charge in [-0.15, -0.1) is 0 Å². The molecule has 3 rings (SSSR count). The van der Waals surface area contributed by atoms with Gasteiger partial charge in [-0.05, 0) is 37.3 Å². The molecular formula is C23H18F2N2O4. The predicted octanol–water partition coefficient (Wildman–Crippen LogP) is 4.56. The first-order chi connectivity index (χ1) is 14.8. The van der Waals surface area contributed by atoms with Gasteiger partial charge in [-0.3, -0.25) is 9.59 Å². The standard InChI is InChI=1S/C23H18F2N2O4/c1-13-6-5-7-14(10-13)21(28)26-19-9-4-3-8-15(19)22(29)27-20-11-16(23(30)31-2)17(24)12-18(20)25/h3-12H,1-2H3,(H,26,28)(H,27,29). The number of esters is 1. The Morgan fingerprint density at radius 1 is 0.774 bits per heavy atom. The van der Waals surface area contributed by atoms with E-state index >= 15 is 0 Å². The maximum atomic E-state index is 14.2. The lowest BCUT2D eigenvalue weighted by molar-refractivity contribution is 0.0595. The summed E-state index contributed by atoms with van der Waals surface area (Å²) in [5, 5.41) is 4.95. The van der Waals surface area contributed by atoms with Crippen molar-refractivity contribution in [1.82, 2.24) is 0 Å². The minimum atomic E-state index is -1.12. The molecular weight excluding hydrogens is 406 g/mol. The Labute approximate surface area is 176 Å². The largest absolute Gasteiger partial charge is 0.465 e. The molecule has 2 amide bonds. The fourth-order valence-electron chi connectivity index (χ4n) is 2.87. The first-order valence-electron chi connectivity index (χ1n) is 9.16. The van der Waals surface area contributed by atoms with E-state index < -0.39 is 40.7 Å². The number of amides is 2. The van der Waals surface area contributed by atoms with Crippen molar-refractivity contribution in [3.63, 3.8) is 0 Å². The topological polar surface area (TPSA) is 84.5 Å². The summed E-state index contributed by atoms with van der Waals surface area (Å²) in [6.07, 6.45) is 0. The van der Waals surface area contributed by atoms with Crippen molar-refractivity contribution in [2.75, 3.05) is 17.7 Å². The number of halogens is 2. The number of carbonyl (C=O) groups is 3. The van der Waals surface area contributed by atoms with Gasteiger partial charge < -0.3 is 15.4 Å². The summed E-state index contributed by atoms with van der Waals surface area (Å²) in [5.74, 6) is -4.39. The highest BCUT2D eigenvalue weighted by atomic mass is 19.1. The third-order valence-electron chi connectivity index (χ3n) is 4.41. The normalized spacial score (nSPS) is 10.3. The summed E-state index contributed by atoms with van der Waals surface area (Å²) >= 11 is 0. The number of hydrogen-bond donors (Lipinski definition) is 2. The molecule has 0 aliphatic carbocycles. The van der Waals surface area contributed by atoms with Crippen LogP contribution in [0.5, 0.6) is 0 Å². The summed E-state index contributed by atoms with van der Waals surface area (Å²) in [4.78, 5) is 36.9. The molecule has 3 aromatic rings. The fourth-order valence-corrected chi connectivity index (χ4v) is 2.87. The zero-order valence-electron chi connectivity index (χ0n) is 16.7. The summed E-state index contributed by atoms with van der Waals surface area (Å²) in [6.45, 7) is 1.85. The average molecular weight is 424 g/mol. The first-order valence-corrected chi connectivity index (χ1v) is 9.16. The molecule has 0 aromatic heterocycles. The average Bonchev–Trinajstić information content (AvgIpc) is 2.75. The molecule has 6 nitrogen and oxygen atoms in total. The molecule has 0 bridgehead atoms. The van der Waals surface area contributed by atoms with Crippen LogP contribution < -0.4 is 10.6 Å². The Hall–Kier alpha value is -4.07. The number of hydrogen-bond acceptors (Lipinski definition) is 4. The van der Waals surface area contributed by atoms with Gasteiger partial charge in [0.05, 0.1) is 29.6 Å². The molecule has 158 valence electrons. The maximum Gasteiger partial charge on any atom is 0.340 e. The molecule has 0 radical (unpaired) electrons. The lowest BCUT2D eigenvalue weighted by Crippen LogP contribution is -2.19. The fraction of sp³-hybridized carbons (Fsp3) is 0.0870. The van der Waals surface area contributed by atoms with Gasteiger partial charge in [0.2, 0.25) is 0 Å². The Bertz CT molecular complexity index is 1180. The number of methoxy groups -OCH3 is 1. The molecule has 0 unspecified atom stereocenters. The van der Waals surface area contributed by atoms with Crippen LogP contribution in [0.25, 0.3) is 0 Å². The summed E-state index contributed by atoms with van der Waals surface area (Å²) in [5.41, 5.74) is 0.607. The van der Waals surface area contributed by atoms with Crippen LogP contribution in [-0.2, 0) is 4.74 Å². The highest BCUT2D eigenvalue weighted by Crippen LogP contribution is 2.23. The van der Waals surface area contributed by atoms with E-state index in [4.69, 9.17) is 0 Å². The van der Waals surface area contributed by atoms with E-state index in [-0.39, 0.29) is 11.3 Å². The van der Waals surface area contributed by atoms with Crippen LogP contribution >= 0.6 is 0 Å². The lowest BCUT2D eigenvalue weighted by Gasteiger charge is -2.13. The minimum absolute atomic E-state index is 0.0480. The van der Waals surface area contributed by atoms with E-state index in [9.17, 15) is 23.2 Å². The van der Waals surface area contributed by atoms with Crippen LogP contribution in [0.4, 0.5) is 20.2 Å². The molecule has 3 aromatic carbocycles. The van der Waals surface area contributed by atoms with Crippen LogP contribution in [-0.4, -0.2) is 24.9 Å². The zero-order valence-corrected chi connectivity index (χ0v) is 16.7. The molecule has 0 heterocycles. The molecule has 2 N–H and O–H groups in total. The number of anilines is 2. The van der Waals surface area contributed by atoms with Crippen LogP contribution in [0.15, 0.2) is 60.7 Å². The second-order valence-corrected chi connectivity index (χ2v) is 6.63. The van der Waals surface area contributed by atoms with Gasteiger partial charge in [0, 0.05) is 11.6 Å². The van der Waals surface area contributed by atoms with Crippen molar-refractivity contribution in [3.8, 4) is 0 Å². The number of ether oxygens (including phenoxy) is 1. The molecule has 0 spiro atoms. The second-order valence-electron chi connectivity index (χ2n) is 6.63. The van der Waals surface area contributed by atoms with Gasteiger partial charge in [-0.1, -0.05) is 29.8 Å². The van der Waals surface area contributed by atoms with E-state index in [1.807, 2.05) is 13.0 Å². The molecule has 8 heteroatoms. The SMILES string of the molecule is COC(=O)c1cc(NC(=O)c2ccccc2NC(=O)c2cccc(C)c2)c(F)cc1F. The van der Waals surface area contributed by atoms with Crippen molar-refractivity contribution < 1.29 is 27.9 Å².